The van der Waals surface area contributed by atoms with Crippen LogP contribution < -0.4 is 4.74 Å². The first-order valence-electron chi connectivity index (χ1n) is 10.6. The Labute approximate surface area is 190 Å². The van der Waals surface area contributed by atoms with Crippen molar-refractivity contribution >= 4 is 26.5 Å². The van der Waals surface area contributed by atoms with Crippen LogP contribution in [0.2, 0.25) is 0 Å². The van der Waals surface area contributed by atoms with E-state index in [1.807, 2.05) is 13.8 Å². The van der Waals surface area contributed by atoms with Crippen LogP contribution in [0.5, 0.6) is 5.75 Å². The predicted molar refractivity (Wildman–Crippen MR) is 120 cm³/mol. The zero-order chi connectivity index (χ0) is 24.1. The van der Waals surface area contributed by atoms with E-state index < -0.39 is 27.4 Å². The van der Waals surface area contributed by atoms with Crippen LogP contribution in [0.4, 0.5) is 8.78 Å². The van der Waals surface area contributed by atoms with E-state index in [-0.39, 0.29) is 46.8 Å². The Morgan fingerprint density at radius 1 is 1.24 bits per heavy atom. The smallest absolute Gasteiger partial charge is 0.235 e. The van der Waals surface area contributed by atoms with Gasteiger partial charge in [0.05, 0.1) is 17.0 Å². The Balaban J connectivity index is 1.75. The number of aromatic nitrogens is 3. The Morgan fingerprint density at radius 3 is 2.55 bits per heavy atom. The second kappa shape index (κ2) is 8.16. The number of benzene rings is 1. The molecule has 3 aromatic rings. The molecule has 33 heavy (non-hydrogen) atoms. The summed E-state index contributed by atoms with van der Waals surface area (Å²) in [4.78, 5) is 17.1. The van der Waals surface area contributed by atoms with Gasteiger partial charge in [-0.3, -0.25) is 14.5 Å². The van der Waals surface area contributed by atoms with E-state index in [1.165, 1.54) is 31.3 Å². The maximum absolute atomic E-state index is 14.7. The standard InChI is InChI=1S/C23H25F2N3O4S/c1-13(2)28-20-8-19(21(29)9-23(4)11-33(30,31)12-23)26-10-17(20)22(27-28)16-7-15(32-14(3)24)5-6-18(16)25/h5-8,10,13-14H,9,11-12H2,1-4H3. The molecule has 1 aliphatic rings. The number of carbonyl (C=O) groups is 1. The first-order valence-corrected chi connectivity index (χ1v) is 12.4. The molecule has 1 aromatic carbocycles. The summed E-state index contributed by atoms with van der Waals surface area (Å²) in [6.45, 7) is 6.81. The van der Waals surface area contributed by atoms with Crippen LogP contribution in [0.1, 0.15) is 50.6 Å². The monoisotopic (exact) mass is 477 g/mol. The molecule has 0 bridgehead atoms. The number of hydrogen-bond acceptors (Lipinski definition) is 6. The minimum absolute atomic E-state index is 0.0166. The van der Waals surface area contributed by atoms with Crippen molar-refractivity contribution in [3.8, 4) is 17.0 Å². The SMILES string of the molecule is CC(F)Oc1ccc(F)c(-c2nn(C(C)C)c3cc(C(=O)CC4(C)CS(=O)(=O)C4)ncc23)c1. The van der Waals surface area contributed by atoms with Gasteiger partial charge in [-0.15, -0.1) is 0 Å². The van der Waals surface area contributed by atoms with Crippen molar-refractivity contribution in [2.45, 2.75) is 46.5 Å². The molecule has 0 saturated carbocycles. The van der Waals surface area contributed by atoms with Crippen molar-refractivity contribution in [3.05, 3.63) is 42.0 Å². The lowest BCUT2D eigenvalue weighted by atomic mass is 9.87. The van der Waals surface area contributed by atoms with Crippen LogP contribution in [0.15, 0.2) is 30.5 Å². The van der Waals surface area contributed by atoms with E-state index in [0.29, 0.717) is 16.6 Å². The summed E-state index contributed by atoms with van der Waals surface area (Å²) in [6, 6.07) is 5.41. The maximum atomic E-state index is 14.7. The fourth-order valence-corrected chi connectivity index (χ4v) is 6.57. The quantitative estimate of drug-likeness (QED) is 0.465. The normalized spacial score (nSPS) is 17.7. The molecule has 0 aliphatic carbocycles. The van der Waals surface area contributed by atoms with Crippen LogP contribution >= 0.6 is 0 Å². The number of hydrogen-bond donors (Lipinski definition) is 0. The summed E-state index contributed by atoms with van der Waals surface area (Å²) in [6.07, 6.45) is -0.0203. The van der Waals surface area contributed by atoms with Crippen molar-refractivity contribution in [1.82, 2.24) is 14.8 Å². The molecule has 0 radical (unpaired) electrons. The van der Waals surface area contributed by atoms with Crippen LogP contribution in [0.25, 0.3) is 22.2 Å². The van der Waals surface area contributed by atoms with Gasteiger partial charge in [0.25, 0.3) is 0 Å². The number of halogens is 2. The largest absolute Gasteiger partial charge is 0.461 e. The summed E-state index contributed by atoms with van der Waals surface area (Å²) >= 11 is 0. The second-order valence-electron chi connectivity index (χ2n) is 9.22. The average molecular weight is 478 g/mol. The topological polar surface area (TPSA) is 91.2 Å². The molecule has 1 unspecified atom stereocenters. The van der Waals surface area contributed by atoms with Crippen molar-refractivity contribution in [3.63, 3.8) is 0 Å². The van der Waals surface area contributed by atoms with Crippen LogP contribution in [-0.2, 0) is 9.84 Å². The van der Waals surface area contributed by atoms with E-state index in [1.54, 1.807) is 17.7 Å². The molecule has 3 heterocycles. The predicted octanol–water partition coefficient (Wildman–Crippen LogP) is 4.52. The Hall–Kier alpha value is -2.88. The number of alkyl halides is 1. The van der Waals surface area contributed by atoms with E-state index >= 15 is 0 Å². The molecular formula is C23H25F2N3O4S. The lowest BCUT2D eigenvalue weighted by molar-refractivity contribution is 0.0859. The number of nitrogens with zero attached hydrogens (tertiary/aromatic N) is 3. The molecule has 1 fully saturated rings. The molecule has 1 aliphatic heterocycles. The lowest BCUT2D eigenvalue weighted by Crippen LogP contribution is -2.47. The number of pyridine rings is 1. The first kappa shape index (κ1) is 23.3. The third-order valence-corrected chi connectivity index (χ3v) is 7.86. The minimum Gasteiger partial charge on any atom is -0.461 e. The van der Waals surface area contributed by atoms with Crippen LogP contribution in [-0.4, -0.2) is 46.8 Å². The number of fused-ring (bicyclic) bond motifs is 1. The van der Waals surface area contributed by atoms with Gasteiger partial charge in [-0.25, -0.2) is 17.2 Å². The summed E-state index contributed by atoms with van der Waals surface area (Å²) in [7, 11) is -3.07. The van der Waals surface area contributed by atoms with Crippen LogP contribution in [0, 0.1) is 11.2 Å². The molecule has 10 heteroatoms. The third kappa shape index (κ3) is 4.62. The van der Waals surface area contributed by atoms with Crippen molar-refractivity contribution < 1.29 is 26.7 Å². The molecule has 176 valence electrons. The van der Waals surface area contributed by atoms with Gasteiger partial charge in [0.2, 0.25) is 6.36 Å². The Kier molecular flexibility index (Phi) is 5.76. The summed E-state index contributed by atoms with van der Waals surface area (Å²) < 4.78 is 57.8. The summed E-state index contributed by atoms with van der Waals surface area (Å²) in [5.74, 6) is -0.680. The first-order chi connectivity index (χ1) is 15.4. The number of ketones is 1. The molecule has 7 nitrogen and oxygen atoms in total. The minimum atomic E-state index is -3.07. The van der Waals surface area contributed by atoms with Crippen LogP contribution in [0.3, 0.4) is 0 Å². The molecule has 2 aromatic heterocycles. The molecule has 0 N–H and O–H groups in total. The van der Waals surface area contributed by atoms with E-state index in [0.717, 1.165) is 0 Å². The highest BCUT2D eigenvalue weighted by atomic mass is 32.2. The number of sulfone groups is 1. The molecule has 1 atom stereocenters. The number of Topliss-reactive ketones (excluding diaryl/α,β-unsaturated/α-hetero) is 1. The number of ether oxygens (including phenoxy) is 1. The van der Waals surface area contributed by atoms with E-state index in [2.05, 4.69) is 10.1 Å². The molecular weight excluding hydrogens is 452 g/mol. The van der Waals surface area contributed by atoms with E-state index in [9.17, 15) is 22.0 Å². The average Bonchev–Trinajstić information content (AvgIpc) is 3.06. The molecule has 1 saturated heterocycles. The second-order valence-corrected chi connectivity index (χ2v) is 11.3. The summed E-state index contributed by atoms with van der Waals surface area (Å²) in [5.41, 5.74) is 0.634. The zero-order valence-electron chi connectivity index (χ0n) is 18.8. The highest BCUT2D eigenvalue weighted by molar-refractivity contribution is 7.92. The number of carbonyl (C=O) groups excluding carboxylic acids is 1. The Bertz CT molecular complexity index is 1340. The zero-order valence-corrected chi connectivity index (χ0v) is 19.6. The third-order valence-electron chi connectivity index (χ3n) is 5.58. The van der Waals surface area contributed by atoms with Gasteiger partial charge < -0.3 is 4.74 Å². The summed E-state index contributed by atoms with van der Waals surface area (Å²) in [5, 5.41) is 5.09. The van der Waals surface area contributed by atoms with Crippen molar-refractivity contribution in [2.24, 2.45) is 5.41 Å². The van der Waals surface area contributed by atoms with Crippen molar-refractivity contribution in [2.75, 3.05) is 11.5 Å². The van der Waals surface area contributed by atoms with Gasteiger partial charge >= 0.3 is 0 Å². The van der Waals surface area contributed by atoms with E-state index in [4.69, 9.17) is 4.74 Å². The van der Waals surface area contributed by atoms with Gasteiger partial charge in [-0.2, -0.15) is 5.10 Å². The van der Waals surface area contributed by atoms with Crippen molar-refractivity contribution in [1.29, 1.82) is 0 Å². The Morgan fingerprint density at radius 2 is 1.94 bits per heavy atom. The van der Waals surface area contributed by atoms with Gasteiger partial charge in [-0.05, 0) is 38.1 Å². The van der Waals surface area contributed by atoms with Gasteiger partial charge in [-0.1, -0.05) is 6.92 Å². The highest BCUT2D eigenvalue weighted by Crippen LogP contribution is 2.37. The fourth-order valence-electron chi connectivity index (χ4n) is 4.32. The molecule has 4 rings (SSSR count). The number of rotatable bonds is 7. The van der Waals surface area contributed by atoms with Gasteiger partial charge in [0.1, 0.15) is 23.0 Å². The highest BCUT2D eigenvalue weighted by Gasteiger charge is 2.46. The molecule has 0 amide bonds. The fraction of sp³-hybridized carbons (Fsp3) is 0.435. The van der Waals surface area contributed by atoms with Gasteiger partial charge in [0, 0.05) is 41.9 Å². The van der Waals surface area contributed by atoms with Gasteiger partial charge in [0.15, 0.2) is 15.6 Å². The maximum Gasteiger partial charge on any atom is 0.235 e. The lowest BCUT2D eigenvalue weighted by Gasteiger charge is -2.36. The molecule has 0 spiro atoms.